The third-order valence-electron chi connectivity index (χ3n) is 7.37. The van der Waals surface area contributed by atoms with Crippen LogP contribution < -0.4 is 20.7 Å². The molecule has 224 valence electrons. The number of thiophene rings is 1. The fraction of sp³-hybridized carbons (Fsp3) is 0.355. The summed E-state index contributed by atoms with van der Waals surface area (Å²) in [5.74, 6) is -0.0358. The molecule has 12 heteroatoms. The Bertz CT molecular complexity index is 1600. The Morgan fingerprint density at radius 3 is 2.53 bits per heavy atom. The van der Waals surface area contributed by atoms with Crippen LogP contribution in [0.5, 0.6) is 11.5 Å². The number of halogens is 1. The van der Waals surface area contributed by atoms with Gasteiger partial charge in [-0.05, 0) is 62.4 Å². The van der Waals surface area contributed by atoms with Gasteiger partial charge in [-0.15, -0.1) is 11.3 Å². The molecular weight excluding hydrogens is 571 g/mol. The predicted octanol–water partition coefficient (Wildman–Crippen LogP) is 6.28. The number of carbonyl (C=O) groups is 2. The molecule has 1 saturated carbocycles. The SMILES string of the molecule is CCOC(=O)NC1CCN(Cc2ccc(-c3cc4nccc(Oc5ccc(NC(=O)NC6CC6)cc5F)c4s3)nc2)CC1. The number of nitrogens with one attached hydrogen (secondary N) is 3. The van der Waals surface area contributed by atoms with Crippen LogP contribution in [0.1, 0.15) is 38.2 Å². The molecule has 3 N–H and O–H groups in total. The van der Waals surface area contributed by atoms with Crippen molar-refractivity contribution < 1.29 is 23.5 Å². The topological polar surface area (TPSA) is 118 Å². The van der Waals surface area contributed by atoms with Gasteiger partial charge >= 0.3 is 12.1 Å². The number of rotatable bonds is 9. The number of hydrogen-bond acceptors (Lipinski definition) is 8. The zero-order chi connectivity index (χ0) is 29.8. The summed E-state index contributed by atoms with van der Waals surface area (Å²) in [6, 6.07) is 12.1. The molecule has 2 aliphatic rings. The normalized spacial score (nSPS) is 15.7. The van der Waals surface area contributed by atoms with Gasteiger partial charge in [0.05, 0.1) is 27.4 Å². The van der Waals surface area contributed by atoms with Gasteiger partial charge in [-0.1, -0.05) is 6.07 Å². The molecule has 2 fully saturated rings. The minimum absolute atomic E-state index is 0.0544. The second-order valence-corrected chi connectivity index (χ2v) is 11.8. The Morgan fingerprint density at radius 2 is 1.81 bits per heavy atom. The molecule has 4 heterocycles. The van der Waals surface area contributed by atoms with Crippen LogP contribution in [0, 0.1) is 5.82 Å². The van der Waals surface area contributed by atoms with E-state index in [1.807, 2.05) is 18.3 Å². The number of pyridine rings is 2. The molecule has 3 aromatic heterocycles. The van der Waals surface area contributed by atoms with Gasteiger partial charge < -0.3 is 25.4 Å². The van der Waals surface area contributed by atoms with E-state index >= 15 is 0 Å². The molecule has 6 rings (SSSR count). The van der Waals surface area contributed by atoms with Crippen LogP contribution in [-0.2, 0) is 11.3 Å². The molecule has 0 spiro atoms. The molecule has 1 aliphatic carbocycles. The Labute approximate surface area is 252 Å². The Morgan fingerprint density at radius 1 is 1.00 bits per heavy atom. The summed E-state index contributed by atoms with van der Waals surface area (Å²) in [6.45, 7) is 4.73. The summed E-state index contributed by atoms with van der Waals surface area (Å²) in [5, 5.41) is 8.39. The smallest absolute Gasteiger partial charge is 0.407 e. The minimum atomic E-state index is -0.581. The van der Waals surface area contributed by atoms with Gasteiger partial charge in [0.25, 0.3) is 0 Å². The lowest BCUT2D eigenvalue weighted by Crippen LogP contribution is -2.44. The van der Waals surface area contributed by atoms with Crippen molar-refractivity contribution in [2.75, 3.05) is 25.0 Å². The third kappa shape index (κ3) is 7.38. The van der Waals surface area contributed by atoms with E-state index in [0.717, 1.165) is 71.7 Å². The Kier molecular flexibility index (Phi) is 8.66. The maximum absolute atomic E-state index is 14.9. The number of likely N-dealkylation sites (tertiary alicyclic amines) is 1. The Balaban J connectivity index is 1.08. The lowest BCUT2D eigenvalue weighted by Gasteiger charge is -2.32. The number of carbonyl (C=O) groups excluding carboxylic acids is 2. The summed E-state index contributed by atoms with van der Waals surface area (Å²) >= 11 is 1.48. The van der Waals surface area contributed by atoms with E-state index in [9.17, 15) is 14.0 Å². The van der Waals surface area contributed by atoms with Crippen molar-refractivity contribution in [3.8, 4) is 22.1 Å². The van der Waals surface area contributed by atoms with Gasteiger partial charge in [0, 0.05) is 61.9 Å². The number of alkyl carbamates (subject to hydrolysis) is 1. The zero-order valence-corrected chi connectivity index (χ0v) is 24.6. The van der Waals surface area contributed by atoms with Crippen molar-refractivity contribution in [1.29, 1.82) is 0 Å². The van der Waals surface area contributed by atoms with E-state index in [4.69, 9.17) is 14.5 Å². The van der Waals surface area contributed by atoms with Gasteiger partial charge in [0.1, 0.15) is 5.75 Å². The highest BCUT2D eigenvalue weighted by Crippen LogP contribution is 2.39. The summed E-state index contributed by atoms with van der Waals surface area (Å²) in [5.41, 5.74) is 3.02. The molecule has 4 aromatic rings. The van der Waals surface area contributed by atoms with Crippen LogP contribution in [0.2, 0.25) is 0 Å². The summed E-state index contributed by atoms with van der Waals surface area (Å²) in [7, 11) is 0. The van der Waals surface area contributed by atoms with Crippen LogP contribution in [0.4, 0.5) is 19.7 Å². The Hall–Kier alpha value is -4.29. The number of ether oxygens (including phenoxy) is 2. The lowest BCUT2D eigenvalue weighted by atomic mass is 10.0. The van der Waals surface area contributed by atoms with E-state index in [1.165, 1.54) is 23.5 Å². The van der Waals surface area contributed by atoms with E-state index in [-0.39, 0.29) is 30.0 Å². The first-order valence-electron chi connectivity index (χ1n) is 14.5. The van der Waals surface area contributed by atoms with Crippen molar-refractivity contribution >= 4 is 39.4 Å². The van der Waals surface area contributed by atoms with Crippen molar-refractivity contribution in [1.82, 2.24) is 25.5 Å². The number of aromatic nitrogens is 2. The predicted molar refractivity (Wildman–Crippen MR) is 163 cm³/mol. The fourth-order valence-electron chi connectivity index (χ4n) is 4.98. The minimum Gasteiger partial charge on any atom is -0.453 e. The van der Waals surface area contributed by atoms with Crippen LogP contribution in [0.15, 0.2) is 54.9 Å². The number of anilines is 1. The third-order valence-corrected chi connectivity index (χ3v) is 8.53. The highest BCUT2D eigenvalue weighted by molar-refractivity contribution is 7.22. The molecular formula is C31H33FN6O4S. The second kappa shape index (κ2) is 12.9. The van der Waals surface area contributed by atoms with Crippen molar-refractivity contribution in [2.45, 2.75) is 51.2 Å². The number of fused-ring (bicyclic) bond motifs is 1. The number of piperidine rings is 1. The van der Waals surface area contributed by atoms with Crippen LogP contribution >= 0.6 is 11.3 Å². The van der Waals surface area contributed by atoms with E-state index < -0.39 is 5.82 Å². The molecule has 0 bridgehead atoms. The van der Waals surface area contributed by atoms with Crippen LogP contribution in [0.25, 0.3) is 20.8 Å². The number of amides is 3. The molecule has 0 unspecified atom stereocenters. The first-order valence-corrected chi connectivity index (χ1v) is 15.3. The highest BCUT2D eigenvalue weighted by Gasteiger charge is 2.24. The molecule has 1 aliphatic heterocycles. The molecule has 10 nitrogen and oxygen atoms in total. The average Bonchev–Trinajstić information content (AvgIpc) is 3.69. The maximum Gasteiger partial charge on any atom is 0.407 e. The van der Waals surface area contributed by atoms with Crippen LogP contribution in [0.3, 0.4) is 0 Å². The molecule has 0 radical (unpaired) electrons. The monoisotopic (exact) mass is 604 g/mol. The standard InChI is InChI=1S/C31H33FN6O4S/c1-2-41-31(40)37-21-10-13-38(14-11-21)18-19-3-7-24(34-17-19)28-16-25-29(43-28)27(9-12-33-25)42-26-8-6-22(15-23(26)32)36-30(39)35-20-4-5-20/h3,6-9,12,15-17,20-21H,2,4-5,10-11,13-14,18H2,1H3,(H,37,40)(H2,35,36,39). The first kappa shape index (κ1) is 28.8. The number of urea groups is 1. The molecule has 1 aromatic carbocycles. The average molecular weight is 605 g/mol. The van der Waals surface area contributed by atoms with Crippen molar-refractivity contribution in [2.24, 2.45) is 0 Å². The van der Waals surface area contributed by atoms with E-state index in [2.05, 4.69) is 31.9 Å². The zero-order valence-electron chi connectivity index (χ0n) is 23.8. The highest BCUT2D eigenvalue weighted by atomic mass is 32.1. The van der Waals surface area contributed by atoms with Gasteiger partial charge in [0.2, 0.25) is 0 Å². The molecule has 3 amide bonds. The molecule has 43 heavy (non-hydrogen) atoms. The summed E-state index contributed by atoms with van der Waals surface area (Å²) in [4.78, 5) is 36.1. The van der Waals surface area contributed by atoms with Crippen molar-refractivity contribution in [3.05, 3.63) is 66.2 Å². The second-order valence-electron chi connectivity index (χ2n) is 10.7. The lowest BCUT2D eigenvalue weighted by molar-refractivity contribution is 0.136. The first-order chi connectivity index (χ1) is 20.9. The summed E-state index contributed by atoms with van der Waals surface area (Å²) in [6.07, 6.45) is 6.88. The van der Waals surface area contributed by atoms with Crippen molar-refractivity contribution in [3.63, 3.8) is 0 Å². The van der Waals surface area contributed by atoms with Gasteiger partial charge in [0.15, 0.2) is 11.6 Å². The van der Waals surface area contributed by atoms with Gasteiger partial charge in [-0.2, -0.15) is 0 Å². The van der Waals surface area contributed by atoms with Gasteiger partial charge in [-0.25, -0.2) is 14.0 Å². The van der Waals surface area contributed by atoms with E-state index in [0.29, 0.717) is 18.0 Å². The number of nitrogens with zero attached hydrogens (tertiary/aromatic N) is 3. The van der Waals surface area contributed by atoms with Crippen LogP contribution in [-0.4, -0.2) is 58.8 Å². The maximum atomic E-state index is 14.9. The molecule has 1 saturated heterocycles. The quantitative estimate of drug-likeness (QED) is 0.206. The fourth-order valence-corrected chi connectivity index (χ4v) is 6.02. The summed E-state index contributed by atoms with van der Waals surface area (Å²) < 4.78 is 26.6. The largest absolute Gasteiger partial charge is 0.453 e. The number of hydrogen-bond donors (Lipinski definition) is 3. The number of benzene rings is 1. The molecule has 0 atom stereocenters. The van der Waals surface area contributed by atoms with E-state index in [1.54, 1.807) is 25.3 Å². The van der Waals surface area contributed by atoms with Gasteiger partial charge in [-0.3, -0.25) is 14.9 Å².